The van der Waals surface area contributed by atoms with E-state index in [2.05, 4.69) is 44.6 Å². The molecule has 2 aliphatic rings. The monoisotopic (exact) mass is 447 g/mol. The van der Waals surface area contributed by atoms with E-state index in [1.807, 2.05) is 54.7 Å². The minimum atomic E-state index is -0.583. The van der Waals surface area contributed by atoms with Crippen LogP contribution >= 0.6 is 11.3 Å². The summed E-state index contributed by atoms with van der Waals surface area (Å²) in [6.45, 7) is 3.70. The number of likely N-dealkylation sites (N-methyl/N-ethyl adjacent to an activating group) is 1. The van der Waals surface area contributed by atoms with Gasteiger partial charge in [0.2, 0.25) is 11.9 Å². The number of aromatic nitrogens is 1. The molecule has 1 saturated heterocycles. The Kier molecular flexibility index (Phi) is 6.00. The molecule has 0 amide bonds. The van der Waals surface area contributed by atoms with Crippen molar-refractivity contribution in [2.24, 2.45) is 9.98 Å². The van der Waals surface area contributed by atoms with Gasteiger partial charge in [-0.05, 0) is 24.7 Å². The molecule has 2 aliphatic heterocycles. The highest BCUT2D eigenvalue weighted by Gasteiger charge is 2.25. The number of guanidine groups is 2. The van der Waals surface area contributed by atoms with Gasteiger partial charge in [0.25, 0.3) is 6.35 Å². The number of benzene rings is 2. The topological polar surface area (TPSA) is 77.4 Å². The molecule has 164 valence electrons. The number of hydrogen-bond donors (Lipinski definition) is 2. The van der Waals surface area contributed by atoms with Gasteiger partial charge in [0.15, 0.2) is 5.13 Å². The molecule has 0 radical (unpaired) electrons. The molecule has 2 aromatic carbocycles. The molecule has 32 heavy (non-hydrogen) atoms. The van der Waals surface area contributed by atoms with Gasteiger partial charge in [0, 0.05) is 32.4 Å². The van der Waals surface area contributed by atoms with E-state index in [9.17, 15) is 0 Å². The number of nitrogens with one attached hydrogen (secondary N) is 2. The molecular formula is C23H25N7OS. The van der Waals surface area contributed by atoms with Gasteiger partial charge in [-0.15, -0.1) is 0 Å². The second kappa shape index (κ2) is 9.37. The van der Waals surface area contributed by atoms with E-state index in [4.69, 9.17) is 14.7 Å². The maximum absolute atomic E-state index is 6.07. The number of anilines is 1. The number of aliphatic imine (C=N–C) groups is 2. The lowest BCUT2D eigenvalue weighted by Crippen LogP contribution is -2.52. The average Bonchev–Trinajstić information content (AvgIpc) is 3.29. The first kappa shape index (κ1) is 20.5. The summed E-state index contributed by atoms with van der Waals surface area (Å²) in [4.78, 5) is 19.6. The van der Waals surface area contributed by atoms with Crippen molar-refractivity contribution in [3.05, 3.63) is 66.9 Å². The Morgan fingerprint density at radius 2 is 1.72 bits per heavy atom. The third kappa shape index (κ3) is 4.90. The largest absolute Gasteiger partial charge is 0.450 e. The van der Waals surface area contributed by atoms with Gasteiger partial charge in [-0.3, -0.25) is 0 Å². The Labute approximate surface area is 191 Å². The second-order valence-electron chi connectivity index (χ2n) is 7.63. The summed E-state index contributed by atoms with van der Waals surface area (Å²) in [6, 6.07) is 19.9. The maximum Gasteiger partial charge on any atom is 0.273 e. The summed E-state index contributed by atoms with van der Waals surface area (Å²) in [5.41, 5.74) is 1.14. The van der Waals surface area contributed by atoms with Crippen LogP contribution in [0.2, 0.25) is 0 Å². The molecule has 3 heterocycles. The van der Waals surface area contributed by atoms with Gasteiger partial charge in [-0.1, -0.05) is 59.9 Å². The third-order valence-corrected chi connectivity index (χ3v) is 6.23. The predicted octanol–water partition coefficient (Wildman–Crippen LogP) is 3.15. The Morgan fingerprint density at radius 1 is 1.00 bits per heavy atom. The summed E-state index contributed by atoms with van der Waals surface area (Å²) in [7, 11) is 2.13. The Bertz CT molecular complexity index is 1090. The Morgan fingerprint density at radius 3 is 2.47 bits per heavy atom. The number of para-hydroxylation sites is 1. The molecule has 1 unspecified atom stereocenters. The van der Waals surface area contributed by atoms with Crippen molar-refractivity contribution >= 4 is 28.4 Å². The molecule has 1 atom stereocenters. The lowest BCUT2D eigenvalue weighted by atomic mass is 10.2. The minimum absolute atomic E-state index is 0.573. The molecule has 2 N–H and O–H groups in total. The van der Waals surface area contributed by atoms with E-state index >= 15 is 0 Å². The maximum atomic E-state index is 6.07. The molecule has 0 spiro atoms. The number of hydrogen-bond acceptors (Lipinski definition) is 9. The molecule has 0 aliphatic carbocycles. The third-order valence-electron chi connectivity index (χ3n) is 5.27. The standard InChI is InChI=1S/C23H25N7OS/c1-29-12-14-30(15-13-29)21-25-20(26-22(28-21)31-18-10-6-3-7-11-18)27-23-24-16-19(32-23)17-8-4-2-5-9-17/h2-11,16,22H,12-15H2,1H3,(H2,24,25,26,27,28). The molecule has 9 heteroatoms. The lowest BCUT2D eigenvalue weighted by Gasteiger charge is -2.35. The smallest absolute Gasteiger partial charge is 0.273 e. The van der Waals surface area contributed by atoms with E-state index in [-0.39, 0.29) is 0 Å². The molecule has 0 bridgehead atoms. The molecule has 5 rings (SSSR count). The molecule has 8 nitrogen and oxygen atoms in total. The van der Waals surface area contributed by atoms with Crippen LogP contribution in [0.5, 0.6) is 5.75 Å². The number of thiazole rings is 1. The van der Waals surface area contributed by atoms with Crippen LogP contribution in [-0.4, -0.2) is 66.3 Å². The number of ether oxygens (including phenoxy) is 1. The highest BCUT2D eigenvalue weighted by Crippen LogP contribution is 2.28. The van der Waals surface area contributed by atoms with Gasteiger partial charge in [-0.2, -0.15) is 9.98 Å². The van der Waals surface area contributed by atoms with Gasteiger partial charge < -0.3 is 25.2 Å². The van der Waals surface area contributed by atoms with Crippen molar-refractivity contribution in [3.63, 3.8) is 0 Å². The summed E-state index contributed by atoms with van der Waals surface area (Å²) >= 11 is 1.58. The molecule has 1 fully saturated rings. The van der Waals surface area contributed by atoms with Crippen LogP contribution in [0.15, 0.2) is 76.8 Å². The van der Waals surface area contributed by atoms with Crippen molar-refractivity contribution in [1.29, 1.82) is 0 Å². The first-order chi connectivity index (χ1) is 15.7. The van der Waals surface area contributed by atoms with E-state index in [1.165, 1.54) is 0 Å². The average molecular weight is 448 g/mol. The van der Waals surface area contributed by atoms with Crippen molar-refractivity contribution in [2.45, 2.75) is 6.35 Å². The highest BCUT2D eigenvalue weighted by molar-refractivity contribution is 7.19. The zero-order valence-electron chi connectivity index (χ0n) is 17.8. The van der Waals surface area contributed by atoms with E-state index in [1.54, 1.807) is 11.3 Å². The fourth-order valence-corrected chi connectivity index (χ4v) is 4.31. The normalized spacial score (nSPS) is 19.0. The van der Waals surface area contributed by atoms with E-state index in [0.717, 1.165) is 47.5 Å². The minimum Gasteiger partial charge on any atom is -0.450 e. The fraction of sp³-hybridized carbons (Fsp3) is 0.261. The van der Waals surface area contributed by atoms with Crippen LogP contribution in [0.3, 0.4) is 0 Å². The van der Waals surface area contributed by atoms with Crippen molar-refractivity contribution in [2.75, 3.05) is 38.5 Å². The van der Waals surface area contributed by atoms with Crippen molar-refractivity contribution < 1.29 is 4.74 Å². The number of rotatable bonds is 4. The van der Waals surface area contributed by atoms with Crippen LogP contribution < -0.4 is 15.4 Å². The van der Waals surface area contributed by atoms with Crippen LogP contribution in [0.25, 0.3) is 10.4 Å². The van der Waals surface area contributed by atoms with Crippen molar-refractivity contribution in [3.8, 4) is 16.2 Å². The SMILES string of the molecule is CN1CCN(C2=NC(Oc3ccccc3)NC(Nc3ncc(-c4ccccc4)s3)=N2)CC1. The summed E-state index contributed by atoms with van der Waals surface area (Å²) in [6.07, 6.45) is 1.29. The second-order valence-corrected chi connectivity index (χ2v) is 8.66. The van der Waals surface area contributed by atoms with E-state index < -0.39 is 6.35 Å². The van der Waals surface area contributed by atoms with Gasteiger partial charge in [-0.25, -0.2) is 4.98 Å². The van der Waals surface area contributed by atoms with Gasteiger partial charge in [0.1, 0.15) is 5.75 Å². The predicted molar refractivity (Wildman–Crippen MR) is 129 cm³/mol. The molecule has 1 aromatic heterocycles. The quantitative estimate of drug-likeness (QED) is 0.640. The van der Waals surface area contributed by atoms with Gasteiger partial charge in [0.05, 0.1) is 4.88 Å². The van der Waals surface area contributed by atoms with Crippen LogP contribution in [0.4, 0.5) is 5.13 Å². The summed E-state index contributed by atoms with van der Waals surface area (Å²) in [5.74, 6) is 1.98. The Balaban J connectivity index is 1.35. The summed E-state index contributed by atoms with van der Waals surface area (Å²) in [5, 5.41) is 7.31. The Hall–Kier alpha value is -3.43. The van der Waals surface area contributed by atoms with Crippen LogP contribution in [-0.2, 0) is 0 Å². The summed E-state index contributed by atoms with van der Waals surface area (Å²) < 4.78 is 6.07. The van der Waals surface area contributed by atoms with Gasteiger partial charge >= 0.3 is 0 Å². The van der Waals surface area contributed by atoms with Crippen molar-refractivity contribution in [1.82, 2.24) is 20.1 Å². The zero-order chi connectivity index (χ0) is 21.8. The zero-order valence-corrected chi connectivity index (χ0v) is 18.6. The number of nitrogens with zero attached hydrogens (tertiary/aromatic N) is 5. The first-order valence-electron chi connectivity index (χ1n) is 10.6. The molecule has 0 saturated carbocycles. The molecular weight excluding hydrogens is 422 g/mol. The fourth-order valence-electron chi connectivity index (χ4n) is 3.49. The first-order valence-corrected chi connectivity index (χ1v) is 11.4. The van der Waals surface area contributed by atoms with E-state index in [0.29, 0.717) is 11.9 Å². The molecule has 3 aromatic rings. The lowest BCUT2D eigenvalue weighted by molar-refractivity contribution is 0.183. The van der Waals surface area contributed by atoms with Crippen LogP contribution in [0, 0.1) is 0 Å². The highest BCUT2D eigenvalue weighted by atomic mass is 32.1. The van der Waals surface area contributed by atoms with Crippen LogP contribution in [0.1, 0.15) is 0 Å². The number of piperazine rings is 1.